The van der Waals surface area contributed by atoms with Gasteiger partial charge in [-0.1, -0.05) is 19.1 Å². The second-order valence-corrected chi connectivity index (χ2v) is 5.99. The molecule has 130 valence electrons. The van der Waals surface area contributed by atoms with E-state index in [1.54, 1.807) is 0 Å². The Bertz CT molecular complexity index is 445. The van der Waals surface area contributed by atoms with E-state index in [0.717, 1.165) is 57.2 Å². The molecule has 1 aliphatic heterocycles. The molecule has 2 rings (SSSR count). The summed E-state index contributed by atoms with van der Waals surface area (Å²) in [5.41, 5.74) is 1.18. The number of halogens is 1. The molecule has 23 heavy (non-hydrogen) atoms. The van der Waals surface area contributed by atoms with Gasteiger partial charge in [-0.2, -0.15) is 0 Å². The predicted octanol–water partition coefficient (Wildman–Crippen LogP) is 2.95. The number of rotatable bonds is 9. The minimum atomic E-state index is 0. The molecule has 0 bridgehead atoms. The van der Waals surface area contributed by atoms with Gasteiger partial charge in [0.25, 0.3) is 0 Å². The molecule has 1 aromatic carbocycles. The summed E-state index contributed by atoms with van der Waals surface area (Å²) in [6.07, 6.45) is 4.67. The number of carbonyl (C=O) groups is 1. The van der Waals surface area contributed by atoms with E-state index < -0.39 is 0 Å². The molecular weight excluding hydrogens is 312 g/mol. The molecule has 1 amide bonds. The molecule has 4 nitrogen and oxygen atoms in total. The quantitative estimate of drug-likeness (QED) is 0.726. The zero-order chi connectivity index (χ0) is 15.6. The summed E-state index contributed by atoms with van der Waals surface area (Å²) in [6, 6.07) is 8.05. The van der Waals surface area contributed by atoms with E-state index in [1.165, 1.54) is 12.0 Å². The Labute approximate surface area is 145 Å². The average molecular weight is 341 g/mol. The molecule has 1 aliphatic rings. The molecule has 1 heterocycles. The summed E-state index contributed by atoms with van der Waals surface area (Å²) < 4.78 is 5.55. The summed E-state index contributed by atoms with van der Waals surface area (Å²) in [5.74, 6) is 1.79. The van der Waals surface area contributed by atoms with Crippen molar-refractivity contribution in [3.63, 3.8) is 0 Å². The molecular formula is C18H29ClN2O2. The van der Waals surface area contributed by atoms with E-state index in [2.05, 4.69) is 17.6 Å². The number of benzene rings is 1. The Balaban J connectivity index is 0.00000264. The Kier molecular flexibility index (Phi) is 9.72. The molecule has 0 spiro atoms. The summed E-state index contributed by atoms with van der Waals surface area (Å²) in [5, 5.41) is 6.38. The number of ether oxygens (including phenoxy) is 1. The lowest BCUT2D eigenvalue weighted by Gasteiger charge is -2.09. The fraction of sp³-hybridized carbons (Fsp3) is 0.611. The summed E-state index contributed by atoms with van der Waals surface area (Å²) in [6.45, 7) is 5.86. The van der Waals surface area contributed by atoms with Crippen LogP contribution in [0.2, 0.25) is 0 Å². The van der Waals surface area contributed by atoms with Gasteiger partial charge in [-0.3, -0.25) is 4.79 Å². The van der Waals surface area contributed by atoms with E-state index in [1.807, 2.05) is 24.3 Å². The van der Waals surface area contributed by atoms with Crippen LogP contribution in [0.15, 0.2) is 24.3 Å². The molecule has 1 unspecified atom stereocenters. The van der Waals surface area contributed by atoms with Gasteiger partial charge < -0.3 is 15.4 Å². The first-order chi connectivity index (χ1) is 10.8. The number of nitrogens with one attached hydrogen (secondary N) is 2. The number of hydrogen-bond donors (Lipinski definition) is 2. The summed E-state index contributed by atoms with van der Waals surface area (Å²) in [4.78, 5) is 11.8. The van der Waals surface area contributed by atoms with Gasteiger partial charge in [-0.25, -0.2) is 0 Å². The van der Waals surface area contributed by atoms with Crippen molar-refractivity contribution >= 4 is 18.3 Å². The van der Waals surface area contributed by atoms with Crippen molar-refractivity contribution in [2.45, 2.75) is 39.0 Å². The predicted molar refractivity (Wildman–Crippen MR) is 96.4 cm³/mol. The van der Waals surface area contributed by atoms with Crippen LogP contribution in [0.25, 0.3) is 0 Å². The second kappa shape index (κ2) is 11.3. The summed E-state index contributed by atoms with van der Waals surface area (Å²) in [7, 11) is 0. The Morgan fingerprint density at radius 2 is 2.13 bits per heavy atom. The lowest BCUT2D eigenvalue weighted by molar-refractivity contribution is -0.121. The van der Waals surface area contributed by atoms with E-state index in [9.17, 15) is 4.79 Å². The van der Waals surface area contributed by atoms with Gasteiger partial charge in [0.2, 0.25) is 5.91 Å². The van der Waals surface area contributed by atoms with E-state index in [-0.39, 0.29) is 18.3 Å². The van der Waals surface area contributed by atoms with Crippen LogP contribution in [0.1, 0.15) is 38.2 Å². The third-order valence-electron chi connectivity index (χ3n) is 4.07. The van der Waals surface area contributed by atoms with E-state index >= 15 is 0 Å². The first kappa shape index (κ1) is 19.8. The Morgan fingerprint density at radius 3 is 2.78 bits per heavy atom. The van der Waals surface area contributed by atoms with Gasteiger partial charge >= 0.3 is 0 Å². The number of aryl methyl sites for hydroxylation is 1. The highest BCUT2D eigenvalue weighted by Crippen LogP contribution is 2.14. The highest BCUT2D eigenvalue weighted by atomic mass is 35.5. The number of carbonyl (C=O) groups excluding carboxylic acids is 1. The summed E-state index contributed by atoms with van der Waals surface area (Å²) >= 11 is 0. The van der Waals surface area contributed by atoms with E-state index in [0.29, 0.717) is 6.42 Å². The van der Waals surface area contributed by atoms with Crippen LogP contribution in [-0.2, 0) is 11.2 Å². The van der Waals surface area contributed by atoms with Gasteiger partial charge in [-0.15, -0.1) is 12.4 Å². The number of hydrogen-bond acceptors (Lipinski definition) is 3. The third-order valence-corrected chi connectivity index (χ3v) is 4.07. The zero-order valence-electron chi connectivity index (χ0n) is 14.0. The minimum Gasteiger partial charge on any atom is -0.494 e. The van der Waals surface area contributed by atoms with Gasteiger partial charge in [0.05, 0.1) is 6.61 Å². The maximum absolute atomic E-state index is 11.8. The Morgan fingerprint density at radius 1 is 1.35 bits per heavy atom. The van der Waals surface area contributed by atoms with Crippen molar-refractivity contribution < 1.29 is 9.53 Å². The zero-order valence-corrected chi connectivity index (χ0v) is 14.8. The molecule has 1 fully saturated rings. The molecule has 0 aliphatic carbocycles. The van der Waals surface area contributed by atoms with Crippen LogP contribution < -0.4 is 15.4 Å². The highest BCUT2D eigenvalue weighted by Gasteiger charge is 2.13. The monoisotopic (exact) mass is 340 g/mol. The van der Waals surface area contributed by atoms with Crippen LogP contribution in [0.3, 0.4) is 0 Å². The van der Waals surface area contributed by atoms with Crippen molar-refractivity contribution in [3.05, 3.63) is 29.8 Å². The van der Waals surface area contributed by atoms with Gasteiger partial charge in [-0.05, 0) is 62.4 Å². The maximum atomic E-state index is 11.8. The molecule has 5 heteroatoms. The topological polar surface area (TPSA) is 50.4 Å². The lowest BCUT2D eigenvalue weighted by atomic mass is 10.1. The van der Waals surface area contributed by atoms with Crippen LogP contribution in [0, 0.1) is 5.92 Å². The molecule has 2 N–H and O–H groups in total. The van der Waals surface area contributed by atoms with Crippen LogP contribution in [0.5, 0.6) is 5.75 Å². The van der Waals surface area contributed by atoms with Crippen molar-refractivity contribution in [3.8, 4) is 5.75 Å². The SMILES string of the molecule is CCCOc1ccc(CCC(=O)NCCC2CCNC2)cc1.Cl. The molecule has 1 aromatic rings. The van der Waals surface area contributed by atoms with Crippen LogP contribution in [-0.4, -0.2) is 32.1 Å². The minimum absolute atomic E-state index is 0. The molecule has 0 radical (unpaired) electrons. The van der Waals surface area contributed by atoms with Gasteiger partial charge in [0.15, 0.2) is 0 Å². The first-order valence-corrected chi connectivity index (χ1v) is 8.47. The molecule has 1 saturated heterocycles. The van der Waals surface area contributed by atoms with Crippen LogP contribution >= 0.6 is 12.4 Å². The lowest BCUT2D eigenvalue weighted by Crippen LogP contribution is -2.26. The standard InChI is InChI=1S/C18H28N2O2.ClH/c1-2-13-22-17-6-3-15(4-7-17)5-8-18(21)20-12-10-16-9-11-19-14-16;/h3-4,6-7,16,19H,2,5,8-14H2,1H3,(H,20,21);1H. The van der Waals surface area contributed by atoms with Gasteiger partial charge in [0.1, 0.15) is 5.75 Å². The number of amides is 1. The highest BCUT2D eigenvalue weighted by molar-refractivity contribution is 5.85. The van der Waals surface area contributed by atoms with Crippen molar-refractivity contribution in [1.29, 1.82) is 0 Å². The van der Waals surface area contributed by atoms with E-state index in [4.69, 9.17) is 4.74 Å². The first-order valence-electron chi connectivity index (χ1n) is 8.47. The second-order valence-electron chi connectivity index (χ2n) is 5.99. The maximum Gasteiger partial charge on any atom is 0.220 e. The van der Waals surface area contributed by atoms with Gasteiger partial charge in [0, 0.05) is 13.0 Å². The van der Waals surface area contributed by atoms with Crippen molar-refractivity contribution in [2.75, 3.05) is 26.2 Å². The average Bonchev–Trinajstić information content (AvgIpc) is 3.05. The van der Waals surface area contributed by atoms with Crippen LogP contribution in [0.4, 0.5) is 0 Å². The Hall–Kier alpha value is -1.26. The fourth-order valence-corrected chi connectivity index (χ4v) is 2.70. The largest absolute Gasteiger partial charge is 0.494 e. The van der Waals surface area contributed by atoms with Crippen molar-refractivity contribution in [1.82, 2.24) is 10.6 Å². The van der Waals surface area contributed by atoms with Crippen molar-refractivity contribution in [2.24, 2.45) is 5.92 Å². The molecule has 0 aromatic heterocycles. The third kappa shape index (κ3) is 7.71. The fourth-order valence-electron chi connectivity index (χ4n) is 2.70. The normalized spacial score (nSPS) is 16.7. The molecule has 1 atom stereocenters. The smallest absolute Gasteiger partial charge is 0.220 e. The molecule has 0 saturated carbocycles.